The van der Waals surface area contributed by atoms with Crippen LogP contribution in [0.2, 0.25) is 0 Å². The third kappa shape index (κ3) is 5.16. The largest absolute Gasteiger partial charge is 0.488 e. The summed E-state index contributed by atoms with van der Waals surface area (Å²) < 4.78 is 5.92. The van der Waals surface area contributed by atoms with Crippen molar-refractivity contribution in [1.29, 1.82) is 10.5 Å². The van der Waals surface area contributed by atoms with Crippen LogP contribution >= 0.6 is 0 Å². The Morgan fingerprint density at radius 2 is 1.38 bits per heavy atom. The summed E-state index contributed by atoms with van der Waals surface area (Å²) >= 11 is 0. The molecule has 3 nitrogen and oxygen atoms in total. The molecule has 1 rings (SSSR count). The van der Waals surface area contributed by atoms with Gasteiger partial charge in [0.1, 0.15) is 11.4 Å². The Bertz CT molecular complexity index is 614. The molecule has 3 heteroatoms. The van der Waals surface area contributed by atoms with E-state index in [1.165, 1.54) is 12.2 Å². The van der Waals surface area contributed by atoms with Gasteiger partial charge in [-0.3, -0.25) is 0 Å². The molecule has 0 amide bonds. The van der Waals surface area contributed by atoms with Crippen molar-refractivity contribution in [3.05, 3.63) is 41.5 Å². The van der Waals surface area contributed by atoms with Gasteiger partial charge < -0.3 is 4.74 Å². The number of allylic oxidation sites excluding steroid dienone is 4. The van der Waals surface area contributed by atoms with Crippen LogP contribution < -0.4 is 4.74 Å². The van der Waals surface area contributed by atoms with Crippen molar-refractivity contribution in [2.45, 2.75) is 40.2 Å². The molecule has 0 radical (unpaired) electrons. The lowest BCUT2D eigenvalue weighted by molar-refractivity contribution is 0.131. The molecule has 108 valence electrons. The summed E-state index contributed by atoms with van der Waals surface area (Å²) in [4.78, 5) is 0. The van der Waals surface area contributed by atoms with E-state index in [0.717, 1.165) is 28.0 Å². The average molecular weight is 280 g/mol. The van der Waals surface area contributed by atoms with Gasteiger partial charge in [-0.05, 0) is 75.1 Å². The van der Waals surface area contributed by atoms with Crippen molar-refractivity contribution in [1.82, 2.24) is 0 Å². The van der Waals surface area contributed by atoms with E-state index >= 15 is 0 Å². The fourth-order valence-electron chi connectivity index (χ4n) is 1.83. The third-order valence-corrected chi connectivity index (χ3v) is 2.80. The van der Waals surface area contributed by atoms with Crippen molar-refractivity contribution in [3.63, 3.8) is 0 Å². The van der Waals surface area contributed by atoms with Crippen LogP contribution in [0.1, 0.15) is 45.7 Å². The summed E-state index contributed by atoms with van der Waals surface area (Å²) in [6, 6.07) is 9.86. The Morgan fingerprint density at radius 1 is 0.952 bits per heavy atom. The lowest BCUT2D eigenvalue weighted by atomic mass is 9.99. The standard InChI is InChI=1S/C18H20N2O/c1-13(6-8-19)15-10-16(14(2)7-9-20)12-17(11-15)21-18(3,4)5/h6-7,10-12H,1-5H3/b13-6-,14-7+. The molecular formula is C18H20N2O. The van der Waals surface area contributed by atoms with Gasteiger partial charge in [-0.25, -0.2) is 0 Å². The summed E-state index contributed by atoms with van der Waals surface area (Å²) in [7, 11) is 0. The Kier molecular flexibility index (Phi) is 5.33. The maximum Gasteiger partial charge on any atom is 0.121 e. The first-order valence-electron chi connectivity index (χ1n) is 6.74. The van der Waals surface area contributed by atoms with E-state index in [2.05, 4.69) is 0 Å². The van der Waals surface area contributed by atoms with E-state index in [-0.39, 0.29) is 5.60 Å². The van der Waals surface area contributed by atoms with Gasteiger partial charge in [0.25, 0.3) is 0 Å². The van der Waals surface area contributed by atoms with Gasteiger partial charge in [0.15, 0.2) is 0 Å². The van der Waals surface area contributed by atoms with E-state index in [1.807, 2.05) is 65.0 Å². The molecule has 0 bridgehead atoms. The van der Waals surface area contributed by atoms with Crippen molar-refractivity contribution >= 4 is 11.1 Å². The minimum absolute atomic E-state index is 0.310. The number of ether oxygens (including phenoxy) is 1. The zero-order valence-corrected chi connectivity index (χ0v) is 13.2. The predicted octanol–water partition coefficient (Wildman–Crippen LogP) is 4.72. The number of benzene rings is 1. The highest BCUT2D eigenvalue weighted by atomic mass is 16.5. The van der Waals surface area contributed by atoms with Gasteiger partial charge in [-0.15, -0.1) is 0 Å². The predicted molar refractivity (Wildman–Crippen MR) is 85.4 cm³/mol. The highest BCUT2D eigenvalue weighted by Gasteiger charge is 2.13. The summed E-state index contributed by atoms with van der Waals surface area (Å²) in [6.45, 7) is 9.71. The molecule has 0 aromatic heterocycles. The van der Waals surface area contributed by atoms with Crippen molar-refractivity contribution in [3.8, 4) is 17.9 Å². The number of hydrogen-bond acceptors (Lipinski definition) is 3. The lowest BCUT2D eigenvalue weighted by Gasteiger charge is -2.22. The van der Waals surface area contributed by atoms with Crippen LogP contribution in [-0.2, 0) is 0 Å². The molecule has 0 aliphatic carbocycles. The van der Waals surface area contributed by atoms with Gasteiger partial charge >= 0.3 is 0 Å². The summed E-state index contributed by atoms with van der Waals surface area (Å²) in [5.74, 6) is 0.728. The molecule has 0 aliphatic rings. The summed E-state index contributed by atoms with van der Waals surface area (Å²) in [5, 5.41) is 17.6. The number of hydrogen-bond donors (Lipinski definition) is 0. The van der Waals surface area contributed by atoms with Crippen LogP contribution in [0.15, 0.2) is 30.4 Å². The van der Waals surface area contributed by atoms with Crippen molar-refractivity contribution in [2.75, 3.05) is 0 Å². The fraction of sp³-hybridized carbons (Fsp3) is 0.333. The molecule has 0 spiro atoms. The Labute approximate surface area is 126 Å². The molecule has 0 fully saturated rings. The first kappa shape index (κ1) is 16.5. The molecule has 1 aromatic rings. The van der Waals surface area contributed by atoms with Crippen LogP contribution in [0.4, 0.5) is 0 Å². The second-order valence-electron chi connectivity index (χ2n) is 5.87. The Balaban J connectivity index is 3.41. The molecule has 0 unspecified atom stereocenters. The normalized spacial score (nSPS) is 12.5. The number of nitriles is 2. The van der Waals surface area contributed by atoms with Crippen molar-refractivity contribution < 1.29 is 4.74 Å². The molecule has 1 aromatic carbocycles. The van der Waals surface area contributed by atoms with Gasteiger partial charge in [-0.1, -0.05) is 0 Å². The quantitative estimate of drug-likeness (QED) is 0.753. The van der Waals surface area contributed by atoms with Crippen LogP contribution in [0.3, 0.4) is 0 Å². The van der Waals surface area contributed by atoms with E-state index in [0.29, 0.717) is 0 Å². The van der Waals surface area contributed by atoms with Crippen molar-refractivity contribution in [2.24, 2.45) is 0 Å². The molecule has 0 saturated heterocycles. The van der Waals surface area contributed by atoms with Gasteiger partial charge in [0, 0.05) is 12.2 Å². The highest BCUT2D eigenvalue weighted by Crippen LogP contribution is 2.28. The lowest BCUT2D eigenvalue weighted by Crippen LogP contribution is -2.23. The third-order valence-electron chi connectivity index (χ3n) is 2.80. The maximum absolute atomic E-state index is 8.80. The Morgan fingerprint density at radius 3 is 1.71 bits per heavy atom. The van der Waals surface area contributed by atoms with Gasteiger partial charge in [-0.2, -0.15) is 10.5 Å². The molecule has 21 heavy (non-hydrogen) atoms. The zero-order valence-electron chi connectivity index (χ0n) is 13.2. The van der Waals surface area contributed by atoms with Crippen LogP contribution in [0.5, 0.6) is 5.75 Å². The second-order valence-corrected chi connectivity index (χ2v) is 5.87. The molecule has 0 atom stereocenters. The monoisotopic (exact) mass is 280 g/mol. The van der Waals surface area contributed by atoms with E-state index < -0.39 is 0 Å². The molecule has 0 heterocycles. The molecular weight excluding hydrogens is 260 g/mol. The van der Waals surface area contributed by atoms with E-state index in [4.69, 9.17) is 15.3 Å². The second kappa shape index (κ2) is 6.77. The minimum Gasteiger partial charge on any atom is -0.488 e. The smallest absolute Gasteiger partial charge is 0.121 e. The fourth-order valence-corrected chi connectivity index (χ4v) is 1.83. The van der Waals surface area contributed by atoms with E-state index in [9.17, 15) is 0 Å². The minimum atomic E-state index is -0.310. The number of nitrogens with zero attached hydrogens (tertiary/aromatic N) is 2. The molecule has 0 aliphatic heterocycles. The van der Waals surface area contributed by atoms with Crippen LogP contribution in [-0.4, -0.2) is 5.60 Å². The molecule has 0 N–H and O–H groups in total. The Hall–Kier alpha value is -2.52. The van der Waals surface area contributed by atoms with Gasteiger partial charge in [0.05, 0.1) is 12.1 Å². The molecule has 0 saturated carbocycles. The number of rotatable bonds is 3. The SMILES string of the molecule is C/C(=C/C#N)c1cc(OC(C)(C)C)cc(/C(C)=C/C#N)c1. The van der Waals surface area contributed by atoms with Gasteiger partial charge in [0.2, 0.25) is 0 Å². The average Bonchev–Trinajstić information content (AvgIpc) is 2.37. The zero-order chi connectivity index (χ0) is 16.0. The topological polar surface area (TPSA) is 56.8 Å². The first-order valence-corrected chi connectivity index (χ1v) is 6.74. The van der Waals surface area contributed by atoms with E-state index in [1.54, 1.807) is 0 Å². The summed E-state index contributed by atoms with van der Waals surface area (Å²) in [6.07, 6.45) is 3.01. The van der Waals surface area contributed by atoms with Crippen LogP contribution in [0.25, 0.3) is 11.1 Å². The van der Waals surface area contributed by atoms with Crippen LogP contribution in [0, 0.1) is 22.7 Å². The first-order chi connectivity index (χ1) is 9.76. The summed E-state index contributed by atoms with van der Waals surface area (Å²) in [5.41, 5.74) is 3.25. The maximum atomic E-state index is 8.80. The highest BCUT2D eigenvalue weighted by molar-refractivity contribution is 5.74.